The highest BCUT2D eigenvalue weighted by molar-refractivity contribution is 5.84. The average molecular weight is 445 g/mol. The first-order chi connectivity index (χ1) is 14.5. The molecule has 0 aliphatic heterocycles. The number of Topliss-reactive ketones (excluding diaryl/α,β-unsaturated/α-hetero) is 1. The molecule has 1 N–H and O–H groups in total. The van der Waals surface area contributed by atoms with Gasteiger partial charge in [-0.15, -0.1) is 0 Å². The maximum absolute atomic E-state index is 12.5. The molecular formula is C25H39F3O3. The van der Waals surface area contributed by atoms with Crippen molar-refractivity contribution in [2.75, 3.05) is 6.61 Å². The summed E-state index contributed by atoms with van der Waals surface area (Å²) in [5.41, 5.74) is 0.749. The van der Waals surface area contributed by atoms with Gasteiger partial charge in [0.2, 0.25) is 5.78 Å². The van der Waals surface area contributed by atoms with Crippen LogP contribution in [0.2, 0.25) is 0 Å². The Morgan fingerprint density at radius 3 is 2.61 bits per heavy atom. The van der Waals surface area contributed by atoms with Crippen LogP contribution in [-0.2, 0) is 9.53 Å². The van der Waals surface area contributed by atoms with Crippen molar-refractivity contribution in [3.05, 3.63) is 11.6 Å². The molecule has 0 aromatic heterocycles. The number of carbonyl (C=O) groups excluding carboxylic acids is 1. The minimum absolute atomic E-state index is 0.0336. The van der Waals surface area contributed by atoms with E-state index < -0.39 is 24.0 Å². The molecule has 3 saturated carbocycles. The van der Waals surface area contributed by atoms with E-state index in [9.17, 15) is 23.1 Å². The van der Waals surface area contributed by atoms with Crippen molar-refractivity contribution >= 4 is 5.78 Å². The van der Waals surface area contributed by atoms with Crippen LogP contribution >= 0.6 is 0 Å². The van der Waals surface area contributed by atoms with E-state index in [0.29, 0.717) is 17.8 Å². The highest BCUT2D eigenvalue weighted by Gasteiger charge is 2.53. The molecule has 178 valence electrons. The molecule has 6 heteroatoms. The van der Waals surface area contributed by atoms with Gasteiger partial charge < -0.3 is 9.84 Å². The molecule has 0 spiro atoms. The summed E-state index contributed by atoms with van der Waals surface area (Å²) in [5.74, 6) is 0.00309. The van der Waals surface area contributed by atoms with Crippen molar-refractivity contribution in [1.82, 2.24) is 0 Å². The molecule has 0 aromatic carbocycles. The van der Waals surface area contributed by atoms with Gasteiger partial charge in [0.1, 0.15) is 0 Å². The maximum atomic E-state index is 12.5. The van der Waals surface area contributed by atoms with E-state index in [-0.39, 0.29) is 18.1 Å². The summed E-state index contributed by atoms with van der Waals surface area (Å²) < 4.78 is 43.4. The lowest BCUT2D eigenvalue weighted by atomic mass is 9.58. The van der Waals surface area contributed by atoms with E-state index in [0.717, 1.165) is 64.2 Å². The van der Waals surface area contributed by atoms with Gasteiger partial charge in [-0.05, 0) is 87.9 Å². The van der Waals surface area contributed by atoms with Crippen LogP contribution in [0.1, 0.15) is 91.4 Å². The lowest BCUT2D eigenvalue weighted by Gasteiger charge is -2.48. The number of hydrogen-bond donors (Lipinski definition) is 1. The second kappa shape index (κ2) is 9.54. The maximum Gasteiger partial charge on any atom is 0.450 e. The number of ketones is 1. The Kier molecular flexibility index (Phi) is 7.62. The molecule has 3 fully saturated rings. The smallest absolute Gasteiger partial charge is 0.390 e. The van der Waals surface area contributed by atoms with Crippen LogP contribution < -0.4 is 0 Å². The third-order valence-electron chi connectivity index (χ3n) is 8.49. The van der Waals surface area contributed by atoms with Crippen LogP contribution in [0.5, 0.6) is 0 Å². The summed E-state index contributed by atoms with van der Waals surface area (Å²) in [4.78, 5) is 11.2. The largest absolute Gasteiger partial charge is 0.450 e. The molecule has 0 saturated heterocycles. The number of aliphatic hydroxyl groups is 1. The van der Waals surface area contributed by atoms with Crippen LogP contribution in [-0.4, -0.2) is 35.4 Å². The molecule has 3 rings (SSSR count). The number of ether oxygens (including phenoxy) is 1. The number of alkyl halides is 3. The number of halogens is 3. The number of carbonyl (C=O) groups is 1. The normalized spacial score (nSPS) is 40.2. The highest BCUT2D eigenvalue weighted by atomic mass is 19.4. The predicted octanol–water partition coefficient (Wildman–Crippen LogP) is 6.39. The number of allylic oxidation sites excluding steroid dienone is 1. The summed E-state index contributed by atoms with van der Waals surface area (Å²) in [6, 6.07) is 0. The third kappa shape index (κ3) is 5.73. The first-order valence-corrected chi connectivity index (χ1v) is 12.1. The predicted molar refractivity (Wildman–Crippen MR) is 115 cm³/mol. The summed E-state index contributed by atoms with van der Waals surface area (Å²) in [5, 5.41) is 10.4. The van der Waals surface area contributed by atoms with E-state index in [2.05, 4.69) is 19.9 Å². The zero-order valence-corrected chi connectivity index (χ0v) is 19.3. The standard InChI is InChI=1S/C25H39F3O3/c1-4-18-11-14-24(3)20(9-10-22(24)31-15-12-21(29)25(26,27)28)19(18)8-7-17-6-5-13-23(2,30)16-17/h7,18-20,22,30H,4-6,8-16H2,1-3H3. The van der Waals surface area contributed by atoms with Gasteiger partial charge in [0.15, 0.2) is 0 Å². The zero-order valence-electron chi connectivity index (χ0n) is 19.3. The van der Waals surface area contributed by atoms with Crippen LogP contribution in [0.15, 0.2) is 11.6 Å². The number of fused-ring (bicyclic) bond motifs is 1. The Morgan fingerprint density at radius 1 is 1.23 bits per heavy atom. The lowest BCUT2D eigenvalue weighted by molar-refractivity contribution is -0.173. The monoisotopic (exact) mass is 444 g/mol. The average Bonchev–Trinajstić information content (AvgIpc) is 3.01. The van der Waals surface area contributed by atoms with Crippen molar-refractivity contribution in [1.29, 1.82) is 0 Å². The molecule has 31 heavy (non-hydrogen) atoms. The second-order valence-electron chi connectivity index (χ2n) is 10.7. The van der Waals surface area contributed by atoms with Gasteiger partial charge in [-0.2, -0.15) is 13.2 Å². The Labute approximate surface area is 184 Å². The minimum atomic E-state index is -4.77. The molecule has 0 heterocycles. The van der Waals surface area contributed by atoms with Crippen molar-refractivity contribution in [2.24, 2.45) is 23.2 Å². The zero-order chi connectivity index (χ0) is 22.9. The summed E-state index contributed by atoms with van der Waals surface area (Å²) in [6.45, 7) is 6.28. The van der Waals surface area contributed by atoms with Gasteiger partial charge in [0, 0.05) is 6.42 Å². The van der Waals surface area contributed by atoms with Crippen molar-refractivity contribution in [2.45, 2.75) is 109 Å². The van der Waals surface area contributed by atoms with Crippen LogP contribution in [0.25, 0.3) is 0 Å². The topological polar surface area (TPSA) is 46.5 Å². The van der Waals surface area contributed by atoms with E-state index in [1.807, 2.05) is 6.92 Å². The van der Waals surface area contributed by atoms with E-state index >= 15 is 0 Å². The molecular weight excluding hydrogens is 405 g/mol. The van der Waals surface area contributed by atoms with Gasteiger partial charge in [0.25, 0.3) is 0 Å². The molecule has 6 unspecified atom stereocenters. The molecule has 0 bridgehead atoms. The Hall–Kier alpha value is -0.880. The molecule has 3 aliphatic rings. The van der Waals surface area contributed by atoms with Crippen molar-refractivity contribution < 1.29 is 27.8 Å². The van der Waals surface area contributed by atoms with Crippen LogP contribution in [0.4, 0.5) is 13.2 Å². The fourth-order valence-electron chi connectivity index (χ4n) is 6.73. The van der Waals surface area contributed by atoms with Crippen molar-refractivity contribution in [3.8, 4) is 0 Å². The van der Waals surface area contributed by atoms with Gasteiger partial charge in [-0.25, -0.2) is 0 Å². The number of rotatable bonds is 7. The van der Waals surface area contributed by atoms with E-state index in [4.69, 9.17) is 4.74 Å². The molecule has 0 aromatic rings. The third-order valence-corrected chi connectivity index (χ3v) is 8.49. The highest BCUT2D eigenvalue weighted by Crippen LogP contribution is 2.58. The summed E-state index contributed by atoms with van der Waals surface area (Å²) in [6.07, 6.45) is 6.90. The van der Waals surface area contributed by atoms with Crippen LogP contribution in [0.3, 0.4) is 0 Å². The molecule has 3 aliphatic carbocycles. The fraction of sp³-hybridized carbons (Fsp3) is 0.880. The van der Waals surface area contributed by atoms with Gasteiger partial charge >= 0.3 is 6.18 Å². The number of hydrogen-bond acceptors (Lipinski definition) is 3. The second-order valence-corrected chi connectivity index (χ2v) is 10.7. The van der Waals surface area contributed by atoms with E-state index in [1.54, 1.807) is 0 Å². The Balaban J connectivity index is 1.64. The molecule has 0 amide bonds. The lowest BCUT2D eigenvalue weighted by Crippen LogP contribution is -2.44. The first-order valence-electron chi connectivity index (χ1n) is 12.1. The SMILES string of the molecule is CCC1CCC2(C)C(OCCC(=O)C(F)(F)F)CCC2C1CC=C1CCCC(C)(O)C1. The van der Waals surface area contributed by atoms with E-state index in [1.165, 1.54) is 5.57 Å². The van der Waals surface area contributed by atoms with Gasteiger partial charge in [-0.1, -0.05) is 31.9 Å². The molecule has 3 nitrogen and oxygen atoms in total. The Morgan fingerprint density at radius 2 is 1.97 bits per heavy atom. The minimum Gasteiger partial charge on any atom is -0.390 e. The van der Waals surface area contributed by atoms with Gasteiger partial charge in [0.05, 0.1) is 18.3 Å². The molecule has 6 atom stereocenters. The summed E-state index contributed by atoms with van der Waals surface area (Å²) in [7, 11) is 0. The first kappa shape index (κ1) is 24.8. The Bertz CT molecular complexity index is 669. The summed E-state index contributed by atoms with van der Waals surface area (Å²) >= 11 is 0. The van der Waals surface area contributed by atoms with Gasteiger partial charge in [-0.3, -0.25) is 4.79 Å². The van der Waals surface area contributed by atoms with Crippen molar-refractivity contribution in [3.63, 3.8) is 0 Å². The van der Waals surface area contributed by atoms with Crippen LogP contribution in [0, 0.1) is 23.2 Å². The molecule has 0 radical (unpaired) electrons. The quantitative estimate of drug-likeness (QED) is 0.463. The fourth-order valence-corrected chi connectivity index (χ4v) is 6.73.